The van der Waals surface area contributed by atoms with Crippen molar-refractivity contribution in [3.05, 3.63) is 96.3 Å². The molecule has 0 amide bonds. The van der Waals surface area contributed by atoms with Crippen molar-refractivity contribution in [3.63, 3.8) is 0 Å². The molecule has 4 heterocycles. The van der Waals surface area contributed by atoms with Crippen LogP contribution in [0, 0.1) is 0 Å². The fraction of sp³-hybridized carbons (Fsp3) is 0.536. The van der Waals surface area contributed by atoms with Gasteiger partial charge in [0.2, 0.25) is 0 Å². The maximum atomic E-state index is 14.0. The molecule has 0 spiro atoms. The molecule has 86 heavy (non-hydrogen) atoms. The van der Waals surface area contributed by atoms with Crippen LogP contribution in [0.3, 0.4) is 0 Å². The van der Waals surface area contributed by atoms with E-state index in [2.05, 4.69) is 19.8 Å². The number of alkyl halides is 12. The highest BCUT2D eigenvalue weighted by atomic mass is 32.2. The summed E-state index contributed by atoms with van der Waals surface area (Å²) in [6, 6.07) is 20.0. The van der Waals surface area contributed by atoms with Gasteiger partial charge in [0.1, 0.15) is 5.60 Å². The van der Waals surface area contributed by atoms with Crippen molar-refractivity contribution in [2.45, 2.75) is 172 Å². The van der Waals surface area contributed by atoms with Crippen LogP contribution in [-0.4, -0.2) is 154 Å². The van der Waals surface area contributed by atoms with Gasteiger partial charge in [-0.25, -0.2) is 26.4 Å². The quantitative estimate of drug-likeness (QED) is 0.0698. The molecule has 2 aromatic heterocycles. The predicted molar refractivity (Wildman–Crippen MR) is 286 cm³/mol. The molecular weight excluding hydrogens is 1210 g/mol. The van der Waals surface area contributed by atoms with Crippen molar-refractivity contribution in [2.24, 2.45) is 0 Å². The number of aromatic nitrogens is 2. The molecular formula is C56H64F12N4O12S2. The van der Waals surface area contributed by atoms with Crippen LogP contribution in [0.1, 0.15) is 109 Å². The van der Waals surface area contributed by atoms with E-state index in [0.717, 1.165) is 25.7 Å². The number of rotatable bonds is 16. The maximum Gasteiger partial charge on any atom is 0.490 e. The first-order valence-corrected chi connectivity index (χ1v) is 29.9. The minimum atomic E-state index is -5.08. The average molecular weight is 1280 g/mol. The highest BCUT2D eigenvalue weighted by molar-refractivity contribution is 7.94. The van der Waals surface area contributed by atoms with Crippen LogP contribution in [-0.2, 0) is 56.4 Å². The standard InChI is InChI=1S/C28H35F3N2O4S.C24H27F3N2O4S.2C2HF3O2/c1-26(2,3)37-25(34)27(15-17-33(18-16-27)22-9-10-22)38(35,36)23-11-7-21(8-12-23)24-13-6-20(19-32-24)5-4-14-28(29,30)31;25-24(26,27)11-1-2-17-3-10-21(28-16-17)18-4-8-20(9-5-18)34(32,33)23(22(30)31)12-14-29(15-13-23)19-6-7-19;2*3-2(4,5)1(6)7/h6-8,11-13,19,22H,4-5,9-10,14-18H2,1-3H3;3-5,8-10,16,19H,1-2,6-7,11-15H2,(H,30,31);2*(H,6,7). The number of carboxylic acids is 3. The van der Waals surface area contributed by atoms with E-state index in [1.807, 2.05) is 0 Å². The number of hydrogen-bond donors (Lipinski definition) is 3. The van der Waals surface area contributed by atoms with Gasteiger partial charge >= 0.3 is 48.6 Å². The predicted octanol–water partition coefficient (Wildman–Crippen LogP) is 11.5. The minimum absolute atomic E-state index is 0.00506. The summed E-state index contributed by atoms with van der Waals surface area (Å²) in [4.78, 5) is 56.5. The summed E-state index contributed by atoms with van der Waals surface area (Å²) in [5, 5.41) is 24.2. The monoisotopic (exact) mass is 1280 g/mol. The summed E-state index contributed by atoms with van der Waals surface area (Å²) < 4.78 is 194. The number of hydrogen-bond acceptors (Lipinski definition) is 13. The maximum absolute atomic E-state index is 14.0. The zero-order chi connectivity index (χ0) is 64.5. The Bertz CT molecular complexity index is 3140. The molecule has 0 radical (unpaired) electrons. The fourth-order valence-electron chi connectivity index (χ4n) is 9.46. The van der Waals surface area contributed by atoms with E-state index in [1.54, 1.807) is 75.5 Å². The van der Waals surface area contributed by atoms with Gasteiger partial charge in [-0.15, -0.1) is 0 Å². The molecule has 30 heteroatoms. The first-order chi connectivity index (χ1) is 39.6. The molecule has 3 N–H and O–H groups in total. The summed E-state index contributed by atoms with van der Waals surface area (Å²) >= 11 is 0. The number of aliphatic carboxylic acids is 3. The van der Waals surface area contributed by atoms with Crippen LogP contribution in [0.15, 0.2) is 95.0 Å². The van der Waals surface area contributed by atoms with E-state index in [9.17, 15) is 84.2 Å². The molecule has 8 rings (SSSR count). The van der Waals surface area contributed by atoms with E-state index in [4.69, 9.17) is 24.5 Å². The van der Waals surface area contributed by atoms with Crippen molar-refractivity contribution >= 4 is 43.6 Å². The average Bonchev–Trinajstić information content (AvgIpc) is 1.03. The van der Waals surface area contributed by atoms with Gasteiger partial charge in [-0.05, 0) is 145 Å². The number of ether oxygens (including phenoxy) is 1. The van der Waals surface area contributed by atoms with E-state index in [0.29, 0.717) is 71.9 Å². The SMILES string of the molecule is CC(C)(C)OC(=O)C1(S(=O)(=O)c2ccc(-c3ccc(CCCC(F)(F)F)cn3)cc2)CCN(C2CC2)CC1.O=C(O)C(F)(F)F.O=C(O)C(F)(F)F.O=C(O)C1(S(=O)(=O)c2ccc(-c3ccc(CCCC(F)(F)F)cn3)cc2)CCN(C2CC2)CC1. The van der Waals surface area contributed by atoms with Crippen molar-refractivity contribution < 1.29 is 109 Å². The Morgan fingerprint density at radius 3 is 1.09 bits per heavy atom. The Balaban J connectivity index is 0.000000258. The molecule has 4 aromatic rings. The molecule has 4 fully saturated rings. The van der Waals surface area contributed by atoms with Crippen LogP contribution in [0.2, 0.25) is 0 Å². The van der Waals surface area contributed by atoms with Crippen molar-refractivity contribution in [1.82, 2.24) is 19.8 Å². The van der Waals surface area contributed by atoms with E-state index >= 15 is 0 Å². The number of likely N-dealkylation sites (tertiary alicyclic amines) is 2. The number of aryl methyl sites for hydroxylation is 2. The van der Waals surface area contributed by atoms with Crippen LogP contribution >= 0.6 is 0 Å². The molecule has 16 nitrogen and oxygen atoms in total. The van der Waals surface area contributed by atoms with Crippen molar-refractivity contribution in [3.8, 4) is 22.5 Å². The summed E-state index contributed by atoms with van der Waals surface area (Å²) in [6.07, 6.45) is -11.8. The second-order valence-corrected chi connectivity index (χ2v) is 26.6. The Kier molecular flexibility index (Phi) is 22.7. The topological polar surface area (TPSA) is 239 Å². The van der Waals surface area contributed by atoms with Crippen molar-refractivity contribution in [1.29, 1.82) is 0 Å². The van der Waals surface area contributed by atoms with Gasteiger partial charge < -0.3 is 29.9 Å². The lowest BCUT2D eigenvalue weighted by Crippen LogP contribution is -2.56. The molecule has 2 saturated carbocycles. The minimum Gasteiger partial charge on any atom is -0.480 e. The number of esters is 1. The molecule has 0 atom stereocenters. The van der Waals surface area contributed by atoms with Gasteiger partial charge in [-0.3, -0.25) is 19.6 Å². The number of benzene rings is 2. The third-order valence-corrected chi connectivity index (χ3v) is 19.4. The van der Waals surface area contributed by atoms with Crippen molar-refractivity contribution in [2.75, 3.05) is 26.2 Å². The molecule has 2 aliphatic carbocycles. The van der Waals surface area contributed by atoms with Gasteiger partial charge in [0.25, 0.3) is 0 Å². The molecule has 476 valence electrons. The van der Waals surface area contributed by atoms with Gasteiger partial charge in [-0.2, -0.15) is 52.7 Å². The van der Waals surface area contributed by atoms with Gasteiger partial charge in [0.05, 0.1) is 21.2 Å². The van der Waals surface area contributed by atoms with Crippen LogP contribution < -0.4 is 0 Å². The number of carbonyl (C=O) groups is 4. The second kappa shape index (κ2) is 27.7. The van der Waals surface area contributed by atoms with Gasteiger partial charge in [0.15, 0.2) is 29.2 Å². The molecule has 2 saturated heterocycles. The summed E-state index contributed by atoms with van der Waals surface area (Å²) in [5.41, 5.74) is 3.00. The normalized spacial score (nSPS) is 17.7. The van der Waals surface area contributed by atoms with Crippen LogP contribution in [0.4, 0.5) is 52.7 Å². The fourth-order valence-corrected chi connectivity index (χ4v) is 13.3. The molecule has 0 bridgehead atoms. The van der Waals surface area contributed by atoms with E-state index in [-0.39, 0.29) is 61.2 Å². The van der Waals surface area contributed by atoms with Crippen LogP contribution in [0.5, 0.6) is 0 Å². The first kappa shape index (κ1) is 70.4. The molecule has 4 aliphatic rings. The molecule has 2 aromatic carbocycles. The second-order valence-electron chi connectivity index (χ2n) is 22.0. The van der Waals surface area contributed by atoms with Gasteiger partial charge in [0, 0.05) is 74.6 Å². The number of carbonyl (C=O) groups excluding carboxylic acids is 1. The number of sulfone groups is 2. The molecule has 0 unspecified atom stereocenters. The van der Waals surface area contributed by atoms with Gasteiger partial charge in [-0.1, -0.05) is 36.4 Å². The van der Waals surface area contributed by atoms with E-state index < -0.39 is 96.2 Å². The Morgan fingerprint density at radius 1 is 0.523 bits per heavy atom. The lowest BCUT2D eigenvalue weighted by atomic mass is 9.95. The lowest BCUT2D eigenvalue weighted by molar-refractivity contribution is -0.193. The Labute approximate surface area is 487 Å². The third-order valence-electron chi connectivity index (χ3n) is 14.4. The first-order valence-electron chi connectivity index (χ1n) is 26.9. The third kappa shape index (κ3) is 19.6. The van der Waals surface area contributed by atoms with Crippen LogP contribution in [0.25, 0.3) is 22.5 Å². The highest BCUT2D eigenvalue weighted by Crippen LogP contribution is 2.42. The number of halogens is 12. The zero-order valence-corrected chi connectivity index (χ0v) is 48.3. The number of nitrogens with zero attached hydrogens (tertiary/aromatic N) is 4. The summed E-state index contributed by atoms with van der Waals surface area (Å²) in [6.45, 7) is 7.15. The number of piperidine rings is 2. The zero-order valence-electron chi connectivity index (χ0n) is 46.6. The highest BCUT2D eigenvalue weighted by Gasteiger charge is 2.57. The Hall–Kier alpha value is -6.40. The summed E-state index contributed by atoms with van der Waals surface area (Å²) in [5.74, 6) is -7.53. The number of carboxylic acid groups (broad SMARTS) is 3. The Morgan fingerprint density at radius 2 is 0.837 bits per heavy atom. The number of pyridine rings is 2. The largest absolute Gasteiger partial charge is 0.490 e. The lowest BCUT2D eigenvalue weighted by Gasteiger charge is -2.40. The van der Waals surface area contributed by atoms with E-state index in [1.165, 1.54) is 30.5 Å². The molecule has 2 aliphatic heterocycles. The smallest absolute Gasteiger partial charge is 0.480 e. The summed E-state index contributed by atoms with van der Waals surface area (Å²) in [7, 11) is -8.18.